The lowest BCUT2D eigenvalue weighted by atomic mass is 10.0. The summed E-state index contributed by atoms with van der Waals surface area (Å²) in [4.78, 5) is 25.9. The van der Waals surface area contributed by atoms with Gasteiger partial charge in [-0.2, -0.15) is 0 Å². The van der Waals surface area contributed by atoms with Crippen LogP contribution in [-0.2, 0) is 9.59 Å². The van der Waals surface area contributed by atoms with Crippen molar-refractivity contribution in [2.24, 2.45) is 11.7 Å². The summed E-state index contributed by atoms with van der Waals surface area (Å²) in [7, 11) is 0. The van der Waals surface area contributed by atoms with E-state index in [2.05, 4.69) is 24.4 Å². The maximum Gasteiger partial charge on any atom is 0.233 e. The fraction of sp³-hybridized carbons (Fsp3) is 0.846. The Balaban J connectivity index is 1.94. The molecule has 0 aromatic heterocycles. The van der Waals surface area contributed by atoms with E-state index in [1.165, 1.54) is 88.4 Å². The average Bonchev–Trinajstić information content (AvgIpc) is 3.03. The van der Waals surface area contributed by atoms with E-state index in [-0.39, 0.29) is 17.7 Å². The molecule has 1 aliphatic heterocycles. The van der Waals surface area contributed by atoms with E-state index in [0.29, 0.717) is 39.0 Å². The first-order valence-corrected chi connectivity index (χ1v) is 13.1. The van der Waals surface area contributed by atoms with Crippen molar-refractivity contribution in [2.45, 2.75) is 110 Å². The van der Waals surface area contributed by atoms with Crippen LogP contribution >= 0.6 is 0 Å². The zero-order chi connectivity index (χ0) is 22.6. The van der Waals surface area contributed by atoms with Crippen LogP contribution in [0.4, 0.5) is 0 Å². The van der Waals surface area contributed by atoms with E-state index in [0.717, 1.165) is 6.42 Å². The molecular weight excluding hydrogens is 386 g/mol. The van der Waals surface area contributed by atoms with Crippen molar-refractivity contribution >= 4 is 11.8 Å². The number of hydrogen-bond acceptors (Lipinski definition) is 4. The molecule has 1 aliphatic rings. The first-order valence-electron chi connectivity index (χ1n) is 13.1. The standard InChI is InChI=1S/C26H49N3O2/c1-2-3-4-5-6-7-8-9-10-11-12-13-14-15-16-17-18-24-23-25(30)29(26(24)31)22-21-28-20-19-27/h16-17,24,28H,2-15,18-23,27H2,1H3/b17-16+. The number of imide groups is 1. The van der Waals surface area contributed by atoms with Gasteiger partial charge in [-0.05, 0) is 19.3 Å². The second-order valence-corrected chi connectivity index (χ2v) is 9.06. The van der Waals surface area contributed by atoms with Gasteiger partial charge in [-0.3, -0.25) is 14.5 Å². The van der Waals surface area contributed by atoms with Crippen LogP contribution in [0.15, 0.2) is 12.2 Å². The zero-order valence-electron chi connectivity index (χ0n) is 20.2. The zero-order valence-corrected chi connectivity index (χ0v) is 20.2. The Labute approximate surface area is 191 Å². The Morgan fingerprint density at radius 2 is 1.45 bits per heavy atom. The molecule has 0 spiro atoms. The molecule has 0 radical (unpaired) electrons. The third-order valence-electron chi connectivity index (χ3n) is 6.23. The van der Waals surface area contributed by atoms with Crippen LogP contribution in [0.2, 0.25) is 0 Å². The lowest BCUT2D eigenvalue weighted by Crippen LogP contribution is -2.37. The molecule has 1 atom stereocenters. The van der Waals surface area contributed by atoms with E-state index in [1.54, 1.807) is 0 Å². The fourth-order valence-electron chi connectivity index (χ4n) is 4.25. The number of rotatable bonds is 21. The fourth-order valence-corrected chi connectivity index (χ4v) is 4.25. The van der Waals surface area contributed by atoms with Gasteiger partial charge in [0.1, 0.15) is 0 Å². The van der Waals surface area contributed by atoms with Crippen LogP contribution in [0.1, 0.15) is 110 Å². The number of likely N-dealkylation sites (tertiary alicyclic amines) is 1. The van der Waals surface area contributed by atoms with E-state index in [9.17, 15) is 9.59 Å². The van der Waals surface area contributed by atoms with Crippen LogP contribution in [0, 0.1) is 5.92 Å². The highest BCUT2D eigenvalue weighted by Gasteiger charge is 2.37. The summed E-state index contributed by atoms with van der Waals surface area (Å²) < 4.78 is 0. The largest absolute Gasteiger partial charge is 0.329 e. The molecule has 1 saturated heterocycles. The van der Waals surface area contributed by atoms with E-state index in [1.807, 2.05) is 0 Å². The molecule has 0 aromatic carbocycles. The summed E-state index contributed by atoms with van der Waals surface area (Å²) in [6.45, 7) is 4.63. The van der Waals surface area contributed by atoms with Crippen molar-refractivity contribution < 1.29 is 9.59 Å². The molecule has 1 unspecified atom stereocenters. The minimum absolute atomic E-state index is 0.00911. The van der Waals surface area contributed by atoms with Gasteiger partial charge in [0.2, 0.25) is 11.8 Å². The molecule has 5 heteroatoms. The highest BCUT2D eigenvalue weighted by atomic mass is 16.2. The maximum absolute atomic E-state index is 12.4. The number of carbonyl (C=O) groups is 2. The average molecular weight is 436 g/mol. The van der Waals surface area contributed by atoms with Crippen molar-refractivity contribution in [3.8, 4) is 0 Å². The van der Waals surface area contributed by atoms with Crippen molar-refractivity contribution in [1.29, 1.82) is 0 Å². The predicted molar refractivity (Wildman–Crippen MR) is 131 cm³/mol. The SMILES string of the molecule is CCCCCCCCCCCCCCC/C=C/CC1CC(=O)N(CCNCCN)C1=O. The van der Waals surface area contributed by atoms with Crippen LogP contribution in [0.25, 0.3) is 0 Å². The molecule has 5 nitrogen and oxygen atoms in total. The van der Waals surface area contributed by atoms with Crippen LogP contribution < -0.4 is 11.1 Å². The number of hydrogen-bond donors (Lipinski definition) is 2. The molecule has 31 heavy (non-hydrogen) atoms. The van der Waals surface area contributed by atoms with Crippen molar-refractivity contribution in [3.63, 3.8) is 0 Å². The quantitative estimate of drug-likeness (QED) is 0.145. The molecule has 0 aromatic rings. The first-order chi connectivity index (χ1) is 15.2. The summed E-state index contributed by atoms with van der Waals surface area (Å²) in [5, 5.41) is 3.13. The van der Waals surface area contributed by atoms with Crippen LogP contribution in [-0.4, -0.2) is 42.9 Å². The first kappa shape index (κ1) is 27.8. The number of carbonyl (C=O) groups excluding carboxylic acids is 2. The van der Waals surface area contributed by atoms with Gasteiger partial charge in [0.05, 0.1) is 5.92 Å². The van der Waals surface area contributed by atoms with Crippen LogP contribution in [0.3, 0.4) is 0 Å². The molecule has 0 bridgehead atoms. The molecular formula is C26H49N3O2. The summed E-state index contributed by atoms with van der Waals surface area (Å²) in [6, 6.07) is 0. The summed E-state index contributed by atoms with van der Waals surface area (Å²) >= 11 is 0. The second kappa shape index (κ2) is 19.5. The normalized spacial score (nSPS) is 16.8. The van der Waals surface area contributed by atoms with Gasteiger partial charge in [-0.15, -0.1) is 0 Å². The maximum atomic E-state index is 12.4. The number of allylic oxidation sites excluding steroid dienone is 2. The topological polar surface area (TPSA) is 75.4 Å². The molecule has 1 heterocycles. The van der Waals surface area contributed by atoms with E-state index in [4.69, 9.17) is 5.73 Å². The Kier molecular flexibility index (Phi) is 17.5. The van der Waals surface area contributed by atoms with Gasteiger partial charge in [-0.25, -0.2) is 0 Å². The molecule has 0 aliphatic carbocycles. The van der Waals surface area contributed by atoms with Crippen molar-refractivity contribution in [1.82, 2.24) is 10.2 Å². The summed E-state index contributed by atoms with van der Waals surface area (Å²) in [5.41, 5.74) is 5.43. The molecule has 3 N–H and O–H groups in total. The number of amides is 2. The van der Waals surface area contributed by atoms with Gasteiger partial charge >= 0.3 is 0 Å². The van der Waals surface area contributed by atoms with Gasteiger partial charge in [0, 0.05) is 32.6 Å². The smallest absolute Gasteiger partial charge is 0.233 e. The Morgan fingerprint density at radius 1 is 0.871 bits per heavy atom. The number of nitrogens with zero attached hydrogens (tertiary/aromatic N) is 1. The van der Waals surface area contributed by atoms with E-state index >= 15 is 0 Å². The third kappa shape index (κ3) is 13.7. The summed E-state index contributed by atoms with van der Waals surface area (Å²) in [5.74, 6) is -0.204. The minimum atomic E-state index is -0.162. The van der Waals surface area contributed by atoms with Gasteiger partial charge in [-0.1, -0.05) is 96.1 Å². The Hall–Kier alpha value is -1.20. The molecule has 1 fully saturated rings. The lowest BCUT2D eigenvalue weighted by molar-refractivity contribution is -0.139. The third-order valence-corrected chi connectivity index (χ3v) is 6.23. The number of nitrogens with two attached hydrogens (primary N) is 1. The Morgan fingerprint density at radius 3 is 2.03 bits per heavy atom. The van der Waals surface area contributed by atoms with Crippen LogP contribution in [0.5, 0.6) is 0 Å². The monoisotopic (exact) mass is 435 g/mol. The highest BCUT2D eigenvalue weighted by Crippen LogP contribution is 2.23. The van der Waals surface area contributed by atoms with Gasteiger partial charge in [0.25, 0.3) is 0 Å². The number of unbranched alkanes of at least 4 members (excludes halogenated alkanes) is 13. The molecule has 0 saturated carbocycles. The highest BCUT2D eigenvalue weighted by molar-refractivity contribution is 6.03. The van der Waals surface area contributed by atoms with Gasteiger partial charge in [0.15, 0.2) is 0 Å². The summed E-state index contributed by atoms with van der Waals surface area (Å²) in [6.07, 6.45) is 24.3. The van der Waals surface area contributed by atoms with Crippen molar-refractivity contribution in [3.05, 3.63) is 12.2 Å². The molecule has 180 valence electrons. The van der Waals surface area contributed by atoms with E-state index < -0.39 is 0 Å². The molecule has 1 rings (SSSR count). The van der Waals surface area contributed by atoms with Gasteiger partial charge < -0.3 is 11.1 Å². The lowest BCUT2D eigenvalue weighted by Gasteiger charge is -2.14. The van der Waals surface area contributed by atoms with Crippen molar-refractivity contribution in [2.75, 3.05) is 26.2 Å². The predicted octanol–water partition coefficient (Wildman–Crippen LogP) is 5.34. The Bertz CT molecular complexity index is 493. The minimum Gasteiger partial charge on any atom is -0.329 e. The molecule has 2 amide bonds. The number of nitrogens with one attached hydrogen (secondary N) is 1. The second-order valence-electron chi connectivity index (χ2n) is 9.06.